The van der Waals surface area contributed by atoms with Crippen molar-refractivity contribution in [2.75, 3.05) is 26.7 Å². The number of ether oxygens (including phenoxy) is 1. The van der Waals surface area contributed by atoms with Gasteiger partial charge in [0.15, 0.2) is 0 Å². The summed E-state index contributed by atoms with van der Waals surface area (Å²) in [5.41, 5.74) is 2.07. The van der Waals surface area contributed by atoms with E-state index in [-0.39, 0.29) is 30.6 Å². The lowest BCUT2D eigenvalue weighted by atomic mass is 9.99. The molecule has 8 nitrogen and oxygen atoms in total. The molecule has 0 spiro atoms. The molecule has 0 unspecified atom stereocenters. The molecule has 0 bridgehead atoms. The van der Waals surface area contributed by atoms with Gasteiger partial charge in [-0.25, -0.2) is 15.0 Å². The summed E-state index contributed by atoms with van der Waals surface area (Å²) in [6, 6.07) is 1.43. The summed E-state index contributed by atoms with van der Waals surface area (Å²) in [7, 11) is 2.02. The highest BCUT2D eigenvalue weighted by Crippen LogP contribution is 2.27. The van der Waals surface area contributed by atoms with Crippen LogP contribution < -0.4 is 4.74 Å². The summed E-state index contributed by atoms with van der Waals surface area (Å²) >= 11 is 0. The molecular weight excluding hydrogens is 430 g/mol. The van der Waals surface area contributed by atoms with Gasteiger partial charge in [-0.1, -0.05) is 32.6 Å². The number of hydrogen-bond donors (Lipinski definition) is 1. The second kappa shape index (κ2) is 11.9. The van der Waals surface area contributed by atoms with E-state index >= 15 is 0 Å². The first-order chi connectivity index (χ1) is 16.3. The number of aliphatic hydroxyl groups is 1. The van der Waals surface area contributed by atoms with Gasteiger partial charge in [-0.15, -0.1) is 0 Å². The van der Waals surface area contributed by atoms with Crippen molar-refractivity contribution >= 4 is 5.91 Å². The fourth-order valence-corrected chi connectivity index (χ4v) is 3.84. The number of fused-ring (bicyclic) bond motifs is 1. The Morgan fingerprint density at radius 2 is 2.00 bits per heavy atom. The predicted octanol–water partition coefficient (Wildman–Crippen LogP) is 2.62. The predicted molar refractivity (Wildman–Crippen MR) is 130 cm³/mol. The van der Waals surface area contributed by atoms with Crippen molar-refractivity contribution in [3.8, 4) is 17.7 Å². The lowest BCUT2D eigenvalue weighted by Gasteiger charge is -2.37. The summed E-state index contributed by atoms with van der Waals surface area (Å²) in [5.74, 6) is 6.86. The van der Waals surface area contributed by atoms with Crippen molar-refractivity contribution in [1.82, 2.24) is 24.8 Å². The maximum absolute atomic E-state index is 13.5. The molecule has 3 atom stereocenters. The number of aromatic nitrogens is 3. The van der Waals surface area contributed by atoms with Gasteiger partial charge in [-0.05, 0) is 26.0 Å². The van der Waals surface area contributed by atoms with Crippen LogP contribution >= 0.6 is 0 Å². The molecule has 3 heterocycles. The summed E-state index contributed by atoms with van der Waals surface area (Å²) in [6.07, 6.45) is 7.34. The molecule has 0 aromatic carbocycles. The first kappa shape index (κ1) is 25.6. The van der Waals surface area contributed by atoms with Crippen LogP contribution in [0.1, 0.15) is 55.6 Å². The first-order valence-corrected chi connectivity index (χ1v) is 11.8. The van der Waals surface area contributed by atoms with Gasteiger partial charge in [0.1, 0.15) is 18.0 Å². The Hall–Kier alpha value is -3.02. The number of hydrogen-bond acceptors (Lipinski definition) is 7. The number of nitrogens with zero attached hydrogens (tertiary/aromatic N) is 5. The maximum Gasteiger partial charge on any atom is 0.259 e. The smallest absolute Gasteiger partial charge is 0.259 e. The van der Waals surface area contributed by atoms with E-state index in [0.717, 1.165) is 12.0 Å². The minimum absolute atomic E-state index is 0.0212. The van der Waals surface area contributed by atoms with Crippen LogP contribution in [-0.2, 0) is 6.54 Å². The van der Waals surface area contributed by atoms with Crippen LogP contribution in [-0.4, -0.2) is 74.7 Å². The lowest BCUT2D eigenvalue weighted by Crippen LogP contribution is -2.49. The number of likely N-dealkylation sites (N-methyl/N-ethyl adjacent to an activating group) is 1. The van der Waals surface area contributed by atoms with Crippen LogP contribution in [0.25, 0.3) is 0 Å². The third-order valence-corrected chi connectivity index (χ3v) is 5.82. The highest BCUT2D eigenvalue weighted by atomic mass is 16.5. The fourth-order valence-electron chi connectivity index (χ4n) is 3.84. The molecule has 2 aromatic heterocycles. The molecule has 1 aliphatic rings. The van der Waals surface area contributed by atoms with Crippen LogP contribution in [0.15, 0.2) is 31.0 Å². The van der Waals surface area contributed by atoms with Crippen LogP contribution in [0.5, 0.6) is 5.88 Å². The van der Waals surface area contributed by atoms with Gasteiger partial charge in [0, 0.05) is 61.7 Å². The third kappa shape index (κ3) is 6.75. The minimum Gasteiger partial charge on any atom is -0.472 e. The molecule has 2 aromatic rings. The Bertz CT molecular complexity index is 1020. The van der Waals surface area contributed by atoms with E-state index in [9.17, 15) is 9.90 Å². The molecule has 0 saturated carbocycles. The van der Waals surface area contributed by atoms with E-state index in [1.54, 1.807) is 29.6 Å². The van der Waals surface area contributed by atoms with Crippen molar-refractivity contribution in [1.29, 1.82) is 0 Å². The molecule has 0 saturated heterocycles. The highest BCUT2D eigenvalue weighted by molar-refractivity contribution is 5.97. The van der Waals surface area contributed by atoms with Crippen LogP contribution in [0.3, 0.4) is 0 Å². The van der Waals surface area contributed by atoms with Crippen molar-refractivity contribution in [3.63, 3.8) is 0 Å². The zero-order valence-electron chi connectivity index (χ0n) is 20.7. The number of aliphatic hydroxyl groups excluding tert-OH is 1. The molecule has 34 heavy (non-hydrogen) atoms. The standard InChI is InChI=1S/C26H35N5O3/c1-18(2)7-6-8-21-9-23-25(29-12-21)34-24(15-30(5)14-22-10-27-17-28-11-22)19(3)13-31(26(23)33)20(4)16-32/h9-12,17-20,24,32H,7,13-16H2,1-5H3/t19-,20-,24+/m1/s1. The summed E-state index contributed by atoms with van der Waals surface area (Å²) in [4.78, 5) is 30.0. The molecule has 1 amide bonds. The quantitative estimate of drug-likeness (QED) is 0.629. The number of rotatable bonds is 7. The van der Waals surface area contributed by atoms with E-state index in [0.29, 0.717) is 42.6 Å². The Morgan fingerprint density at radius 1 is 1.26 bits per heavy atom. The Morgan fingerprint density at radius 3 is 2.68 bits per heavy atom. The Balaban J connectivity index is 1.89. The average Bonchev–Trinajstić information content (AvgIpc) is 2.81. The molecule has 0 aliphatic carbocycles. The molecule has 1 aliphatic heterocycles. The number of pyridine rings is 1. The molecule has 0 radical (unpaired) electrons. The van der Waals surface area contributed by atoms with Crippen molar-refractivity contribution in [2.24, 2.45) is 11.8 Å². The SMILES string of the molecule is CC(C)CC#Cc1cnc2c(c1)C(=O)N([C@H](C)CO)C[C@@H](C)[C@H](CN(C)Cc1cncnc1)O2. The zero-order chi connectivity index (χ0) is 24.7. The van der Waals surface area contributed by atoms with E-state index in [4.69, 9.17) is 4.74 Å². The topological polar surface area (TPSA) is 91.7 Å². The zero-order valence-corrected chi connectivity index (χ0v) is 20.7. The second-order valence-corrected chi connectivity index (χ2v) is 9.54. The van der Waals surface area contributed by atoms with Gasteiger partial charge in [0.25, 0.3) is 5.91 Å². The van der Waals surface area contributed by atoms with Gasteiger partial charge in [-0.3, -0.25) is 9.69 Å². The number of carbonyl (C=O) groups excluding carboxylic acids is 1. The lowest BCUT2D eigenvalue weighted by molar-refractivity contribution is 0.0325. The first-order valence-electron chi connectivity index (χ1n) is 11.8. The minimum atomic E-state index is -0.323. The van der Waals surface area contributed by atoms with Crippen molar-refractivity contribution in [2.45, 2.75) is 52.8 Å². The van der Waals surface area contributed by atoms with Crippen LogP contribution in [0.2, 0.25) is 0 Å². The normalized spacial score (nSPS) is 19.1. The molecular formula is C26H35N5O3. The van der Waals surface area contributed by atoms with Gasteiger partial charge >= 0.3 is 0 Å². The van der Waals surface area contributed by atoms with Crippen LogP contribution in [0, 0.1) is 23.7 Å². The van der Waals surface area contributed by atoms with E-state index in [2.05, 4.69) is 52.5 Å². The number of amides is 1. The van der Waals surface area contributed by atoms with Gasteiger partial charge < -0.3 is 14.7 Å². The van der Waals surface area contributed by atoms with Gasteiger partial charge in [-0.2, -0.15) is 0 Å². The third-order valence-electron chi connectivity index (χ3n) is 5.82. The molecule has 3 rings (SSSR count). The van der Waals surface area contributed by atoms with Gasteiger partial charge in [0.05, 0.1) is 12.6 Å². The Kier molecular flexibility index (Phi) is 8.97. The Labute approximate surface area is 202 Å². The van der Waals surface area contributed by atoms with E-state index in [1.165, 1.54) is 6.33 Å². The largest absolute Gasteiger partial charge is 0.472 e. The molecule has 182 valence electrons. The van der Waals surface area contributed by atoms with Crippen molar-refractivity contribution < 1.29 is 14.6 Å². The van der Waals surface area contributed by atoms with Crippen LogP contribution in [0.4, 0.5) is 0 Å². The molecule has 0 fully saturated rings. The molecule has 8 heteroatoms. The van der Waals surface area contributed by atoms with E-state index in [1.807, 2.05) is 14.0 Å². The summed E-state index contributed by atoms with van der Waals surface area (Å²) in [5, 5.41) is 9.82. The summed E-state index contributed by atoms with van der Waals surface area (Å²) < 4.78 is 6.35. The van der Waals surface area contributed by atoms with Gasteiger partial charge in [0.2, 0.25) is 5.88 Å². The fraction of sp³-hybridized carbons (Fsp3) is 0.538. The summed E-state index contributed by atoms with van der Waals surface area (Å²) in [6.45, 7) is 9.79. The highest BCUT2D eigenvalue weighted by Gasteiger charge is 2.34. The second-order valence-electron chi connectivity index (χ2n) is 9.54. The average molecular weight is 466 g/mol. The number of carbonyl (C=O) groups is 1. The van der Waals surface area contributed by atoms with Crippen molar-refractivity contribution in [3.05, 3.63) is 47.7 Å². The molecule has 1 N–H and O–H groups in total. The van der Waals surface area contributed by atoms with E-state index < -0.39 is 0 Å². The monoisotopic (exact) mass is 465 g/mol. The maximum atomic E-state index is 13.5.